The molecule has 1 N–H and O–H groups in total. The van der Waals surface area contributed by atoms with E-state index in [1.807, 2.05) is 0 Å². The van der Waals surface area contributed by atoms with Crippen LogP contribution < -0.4 is 0 Å². The number of phenols is 1. The number of esters is 1. The lowest BCUT2D eigenvalue weighted by Gasteiger charge is -2.13. The van der Waals surface area contributed by atoms with Gasteiger partial charge in [0, 0.05) is 13.0 Å². The van der Waals surface area contributed by atoms with Crippen molar-refractivity contribution in [1.82, 2.24) is 4.90 Å². The van der Waals surface area contributed by atoms with Crippen molar-refractivity contribution in [3.8, 4) is 5.75 Å². The summed E-state index contributed by atoms with van der Waals surface area (Å²) in [7, 11) is 1.34. The summed E-state index contributed by atoms with van der Waals surface area (Å²) in [6.45, 7) is 0.396. The summed E-state index contributed by atoms with van der Waals surface area (Å²) < 4.78 is 5.05. The molecule has 1 saturated heterocycles. The molecule has 5 nitrogen and oxygen atoms in total. The molecule has 0 saturated carbocycles. The van der Waals surface area contributed by atoms with Crippen LogP contribution in [0, 0.1) is 0 Å². The third-order valence-electron chi connectivity index (χ3n) is 3.05. The maximum Gasteiger partial charge on any atom is 0.305 e. The van der Waals surface area contributed by atoms with E-state index in [4.69, 9.17) is 12.2 Å². The quantitative estimate of drug-likeness (QED) is 0.506. The van der Waals surface area contributed by atoms with E-state index in [0.29, 0.717) is 22.2 Å². The lowest BCUT2D eigenvalue weighted by Crippen LogP contribution is -2.29. The average Bonchev–Trinajstić information content (AvgIpc) is 2.76. The first-order valence-electron chi connectivity index (χ1n) is 6.62. The number of thiocarbonyl (C=S) groups is 1. The second-order valence-electron chi connectivity index (χ2n) is 4.60. The van der Waals surface area contributed by atoms with E-state index in [1.165, 1.54) is 23.8 Å². The molecule has 1 aliphatic heterocycles. The van der Waals surface area contributed by atoms with Gasteiger partial charge in [0.2, 0.25) is 0 Å². The molecule has 0 unspecified atom stereocenters. The van der Waals surface area contributed by atoms with Crippen molar-refractivity contribution >= 4 is 46.3 Å². The van der Waals surface area contributed by atoms with E-state index < -0.39 is 0 Å². The molecule has 7 heteroatoms. The van der Waals surface area contributed by atoms with Gasteiger partial charge in [0.15, 0.2) is 0 Å². The molecular weight excluding hydrogens is 322 g/mol. The maximum absolute atomic E-state index is 12.3. The van der Waals surface area contributed by atoms with Crippen LogP contribution in [0.15, 0.2) is 29.2 Å². The monoisotopic (exact) mass is 337 g/mol. The molecule has 1 heterocycles. The highest BCUT2D eigenvalue weighted by Gasteiger charge is 2.31. The molecule has 0 spiro atoms. The summed E-state index contributed by atoms with van der Waals surface area (Å²) in [5.74, 6) is -0.287. The summed E-state index contributed by atoms with van der Waals surface area (Å²) in [5, 5.41) is 9.26. The predicted molar refractivity (Wildman–Crippen MR) is 89.2 cm³/mol. The van der Waals surface area contributed by atoms with Gasteiger partial charge in [-0.05, 0) is 30.2 Å². The van der Waals surface area contributed by atoms with Crippen molar-refractivity contribution in [2.75, 3.05) is 13.7 Å². The van der Waals surface area contributed by atoms with Crippen molar-refractivity contribution in [3.63, 3.8) is 0 Å². The van der Waals surface area contributed by atoms with Gasteiger partial charge in [-0.3, -0.25) is 14.5 Å². The number of nitrogens with zero attached hydrogens (tertiary/aromatic N) is 1. The molecule has 0 bridgehead atoms. The van der Waals surface area contributed by atoms with Crippen LogP contribution in [0.4, 0.5) is 0 Å². The van der Waals surface area contributed by atoms with Gasteiger partial charge in [-0.2, -0.15) is 0 Å². The first kappa shape index (κ1) is 16.5. The van der Waals surface area contributed by atoms with Crippen LogP contribution in [0.3, 0.4) is 0 Å². The molecule has 2 rings (SSSR count). The first-order valence-corrected chi connectivity index (χ1v) is 7.85. The number of hydrogen-bond donors (Lipinski definition) is 1. The fourth-order valence-corrected chi connectivity index (χ4v) is 3.21. The SMILES string of the molecule is COC(=O)CCCN1C(=O)/C(=C/c2ccc(O)cc2)SC1=S. The topological polar surface area (TPSA) is 66.8 Å². The minimum Gasteiger partial charge on any atom is -0.508 e. The number of carbonyl (C=O) groups excluding carboxylic acids is 2. The van der Waals surface area contributed by atoms with Gasteiger partial charge in [-0.1, -0.05) is 36.1 Å². The minimum atomic E-state index is -0.301. The van der Waals surface area contributed by atoms with Crippen LogP contribution in [0.5, 0.6) is 5.75 Å². The second kappa shape index (κ2) is 7.42. The fourth-order valence-electron chi connectivity index (χ4n) is 1.90. The van der Waals surface area contributed by atoms with Crippen LogP contribution in [0.1, 0.15) is 18.4 Å². The second-order valence-corrected chi connectivity index (χ2v) is 6.28. The zero-order valence-electron chi connectivity index (χ0n) is 11.9. The van der Waals surface area contributed by atoms with Gasteiger partial charge in [0.25, 0.3) is 5.91 Å². The van der Waals surface area contributed by atoms with Gasteiger partial charge in [-0.15, -0.1) is 0 Å². The molecule has 1 aliphatic rings. The standard InChI is InChI=1S/C15H15NO4S2/c1-20-13(18)3-2-8-16-14(19)12(22-15(16)21)9-10-4-6-11(17)7-5-10/h4-7,9,17H,2-3,8H2,1H3/b12-9-. The summed E-state index contributed by atoms with van der Waals surface area (Å²) in [6.07, 6.45) is 2.50. The molecule has 1 aromatic rings. The maximum atomic E-state index is 12.3. The number of hydrogen-bond acceptors (Lipinski definition) is 6. The minimum absolute atomic E-state index is 0.159. The highest BCUT2D eigenvalue weighted by atomic mass is 32.2. The van der Waals surface area contributed by atoms with Crippen LogP contribution in [-0.4, -0.2) is 39.9 Å². The number of amides is 1. The number of rotatable bonds is 5. The Morgan fingerprint density at radius 2 is 2.09 bits per heavy atom. The Morgan fingerprint density at radius 3 is 2.73 bits per heavy atom. The Hall–Kier alpha value is -1.86. The van der Waals surface area contributed by atoms with Crippen molar-refractivity contribution in [1.29, 1.82) is 0 Å². The van der Waals surface area contributed by atoms with Crippen LogP contribution in [0.25, 0.3) is 6.08 Å². The van der Waals surface area contributed by atoms with Gasteiger partial charge >= 0.3 is 5.97 Å². The predicted octanol–water partition coefficient (Wildman–Crippen LogP) is 2.55. The van der Waals surface area contributed by atoms with Crippen LogP contribution >= 0.6 is 24.0 Å². The third-order valence-corrected chi connectivity index (χ3v) is 4.43. The van der Waals surface area contributed by atoms with Gasteiger partial charge < -0.3 is 9.84 Å². The van der Waals surface area contributed by atoms with Crippen LogP contribution in [0.2, 0.25) is 0 Å². The number of methoxy groups -OCH3 is 1. The molecule has 1 aromatic carbocycles. The molecule has 1 amide bonds. The largest absolute Gasteiger partial charge is 0.508 e. The van der Waals surface area contributed by atoms with Gasteiger partial charge in [0.05, 0.1) is 12.0 Å². The number of aromatic hydroxyl groups is 1. The third kappa shape index (κ3) is 4.08. The highest BCUT2D eigenvalue weighted by molar-refractivity contribution is 8.26. The Balaban J connectivity index is 2.02. The summed E-state index contributed by atoms with van der Waals surface area (Å²) in [5.41, 5.74) is 0.813. The Morgan fingerprint density at radius 1 is 1.41 bits per heavy atom. The summed E-state index contributed by atoms with van der Waals surface area (Å²) in [4.78, 5) is 25.4. The Kier molecular flexibility index (Phi) is 5.57. The van der Waals surface area contributed by atoms with E-state index in [1.54, 1.807) is 30.3 Å². The molecular formula is C15H15NO4S2. The van der Waals surface area contributed by atoms with E-state index in [0.717, 1.165) is 5.56 Å². The molecule has 0 aromatic heterocycles. The normalized spacial score (nSPS) is 16.4. The van der Waals surface area contributed by atoms with E-state index in [2.05, 4.69) is 4.74 Å². The van der Waals surface area contributed by atoms with Crippen LogP contribution in [-0.2, 0) is 14.3 Å². The number of thioether (sulfide) groups is 1. The number of benzene rings is 1. The molecule has 1 fully saturated rings. The highest BCUT2D eigenvalue weighted by Crippen LogP contribution is 2.32. The van der Waals surface area contributed by atoms with E-state index >= 15 is 0 Å². The van der Waals surface area contributed by atoms with E-state index in [9.17, 15) is 14.7 Å². The molecule has 0 radical (unpaired) electrons. The summed E-state index contributed by atoms with van der Waals surface area (Å²) in [6, 6.07) is 6.56. The van der Waals surface area contributed by atoms with Gasteiger partial charge in [-0.25, -0.2) is 0 Å². The number of carbonyl (C=O) groups is 2. The smallest absolute Gasteiger partial charge is 0.305 e. The molecule has 22 heavy (non-hydrogen) atoms. The summed E-state index contributed by atoms with van der Waals surface area (Å²) >= 11 is 6.45. The number of phenolic OH excluding ortho intramolecular Hbond substituents is 1. The van der Waals surface area contributed by atoms with Gasteiger partial charge in [0.1, 0.15) is 10.1 Å². The molecule has 116 valence electrons. The lowest BCUT2D eigenvalue weighted by atomic mass is 10.2. The van der Waals surface area contributed by atoms with Crippen molar-refractivity contribution in [3.05, 3.63) is 34.7 Å². The molecule has 0 aliphatic carbocycles. The van der Waals surface area contributed by atoms with Crippen molar-refractivity contribution in [2.24, 2.45) is 0 Å². The van der Waals surface area contributed by atoms with Crippen molar-refractivity contribution < 1.29 is 19.4 Å². The zero-order chi connectivity index (χ0) is 16.1. The zero-order valence-corrected chi connectivity index (χ0v) is 13.6. The van der Waals surface area contributed by atoms with E-state index in [-0.39, 0.29) is 24.0 Å². The Bertz CT molecular complexity index is 625. The average molecular weight is 337 g/mol. The fraction of sp³-hybridized carbons (Fsp3) is 0.267. The Labute approximate surface area is 137 Å². The van der Waals surface area contributed by atoms with Crippen molar-refractivity contribution in [2.45, 2.75) is 12.8 Å². The lowest BCUT2D eigenvalue weighted by molar-refractivity contribution is -0.141. The first-order chi connectivity index (χ1) is 10.5. The molecule has 0 atom stereocenters. The number of ether oxygens (including phenoxy) is 1.